The van der Waals surface area contributed by atoms with E-state index in [9.17, 15) is 9.59 Å². The Bertz CT molecular complexity index is 797. The molecule has 0 saturated heterocycles. The lowest BCUT2D eigenvalue weighted by atomic mass is 10.1. The van der Waals surface area contributed by atoms with Crippen molar-refractivity contribution >= 4 is 11.9 Å². The molecule has 6 nitrogen and oxygen atoms in total. The van der Waals surface area contributed by atoms with Crippen molar-refractivity contribution in [2.24, 2.45) is 0 Å². The molecule has 0 saturated carbocycles. The van der Waals surface area contributed by atoms with Crippen LogP contribution in [0.15, 0.2) is 54.6 Å². The molecule has 0 heterocycles. The van der Waals surface area contributed by atoms with Crippen molar-refractivity contribution in [3.8, 4) is 5.75 Å². The maximum atomic E-state index is 12.6. The minimum Gasteiger partial charge on any atom is -0.489 e. The maximum absolute atomic E-state index is 12.6. The van der Waals surface area contributed by atoms with Gasteiger partial charge in [-0.05, 0) is 57.4 Å². The van der Waals surface area contributed by atoms with Gasteiger partial charge in [0, 0.05) is 0 Å². The van der Waals surface area contributed by atoms with Gasteiger partial charge in [-0.25, -0.2) is 0 Å². The molecule has 0 aromatic heterocycles. The monoisotopic (exact) mass is 413 g/mol. The van der Waals surface area contributed by atoms with Crippen molar-refractivity contribution in [3.05, 3.63) is 65.7 Å². The Hall–Kier alpha value is -2.86. The number of carbonyl (C=O) groups excluding carboxylic acids is 2. The van der Waals surface area contributed by atoms with Gasteiger partial charge >= 0.3 is 11.9 Å². The first kappa shape index (κ1) is 23.4. The second kappa shape index (κ2) is 11.4. The Morgan fingerprint density at radius 2 is 1.63 bits per heavy atom. The van der Waals surface area contributed by atoms with Crippen LogP contribution in [0.5, 0.6) is 5.75 Å². The van der Waals surface area contributed by atoms with Crippen LogP contribution >= 0.6 is 0 Å². The molecule has 0 aliphatic carbocycles. The van der Waals surface area contributed by atoms with Crippen LogP contribution in [-0.4, -0.2) is 36.7 Å². The number of hydrogen-bond donors (Lipinski definition) is 1. The molecule has 0 aliphatic heterocycles. The summed E-state index contributed by atoms with van der Waals surface area (Å²) in [6.45, 7) is 7.90. The second-order valence-corrected chi connectivity index (χ2v) is 7.89. The van der Waals surface area contributed by atoms with Gasteiger partial charge in [-0.2, -0.15) is 0 Å². The van der Waals surface area contributed by atoms with Gasteiger partial charge in [-0.3, -0.25) is 14.9 Å². The molecule has 6 heteroatoms. The summed E-state index contributed by atoms with van der Waals surface area (Å²) in [5, 5.41) is 2.96. The lowest BCUT2D eigenvalue weighted by Gasteiger charge is -2.24. The van der Waals surface area contributed by atoms with Gasteiger partial charge in [-0.15, -0.1) is 0 Å². The van der Waals surface area contributed by atoms with E-state index < -0.39 is 23.6 Å². The fraction of sp³-hybridized carbons (Fsp3) is 0.417. The van der Waals surface area contributed by atoms with Gasteiger partial charge < -0.3 is 14.2 Å². The van der Waals surface area contributed by atoms with E-state index in [1.54, 1.807) is 6.92 Å². The number of hydrogen-bond acceptors (Lipinski definition) is 6. The first-order chi connectivity index (χ1) is 14.3. The highest BCUT2D eigenvalue weighted by atomic mass is 16.6. The van der Waals surface area contributed by atoms with Crippen molar-refractivity contribution in [3.63, 3.8) is 0 Å². The summed E-state index contributed by atoms with van der Waals surface area (Å²) in [7, 11) is 0. The van der Waals surface area contributed by atoms with Gasteiger partial charge in [0.05, 0.1) is 13.2 Å². The molecule has 2 aromatic rings. The van der Waals surface area contributed by atoms with E-state index in [1.807, 2.05) is 75.4 Å². The van der Waals surface area contributed by atoms with Crippen LogP contribution < -0.4 is 10.1 Å². The highest BCUT2D eigenvalue weighted by molar-refractivity contribution is 5.78. The zero-order valence-corrected chi connectivity index (χ0v) is 18.1. The van der Waals surface area contributed by atoms with Crippen molar-refractivity contribution in [1.29, 1.82) is 0 Å². The Morgan fingerprint density at radius 3 is 2.23 bits per heavy atom. The molecule has 0 fully saturated rings. The van der Waals surface area contributed by atoms with E-state index in [1.165, 1.54) is 0 Å². The summed E-state index contributed by atoms with van der Waals surface area (Å²) in [4.78, 5) is 24.3. The zero-order valence-electron chi connectivity index (χ0n) is 18.1. The summed E-state index contributed by atoms with van der Waals surface area (Å²) < 4.78 is 16.2. The number of rotatable bonds is 10. The fourth-order valence-electron chi connectivity index (χ4n) is 2.73. The first-order valence-corrected chi connectivity index (χ1v) is 10.1. The molecule has 0 aliphatic rings. The number of ether oxygens (including phenoxy) is 3. The summed E-state index contributed by atoms with van der Waals surface area (Å²) in [5.41, 5.74) is 1.40. The summed E-state index contributed by atoms with van der Waals surface area (Å²) in [5.74, 6) is -0.0668. The smallest absolute Gasteiger partial charge is 0.324 e. The molecule has 2 aromatic carbocycles. The van der Waals surface area contributed by atoms with Crippen LogP contribution in [0.1, 0.15) is 38.8 Å². The summed E-state index contributed by atoms with van der Waals surface area (Å²) in [6, 6.07) is 16.8. The van der Waals surface area contributed by atoms with E-state index in [2.05, 4.69) is 5.32 Å². The Labute approximate surface area is 178 Å². The SMILES string of the molecule is CCOC(=O)CNC(Cc1ccc(OCc2ccccc2)cc1)C(=O)OC(C)(C)C. The molecule has 0 spiro atoms. The van der Waals surface area contributed by atoms with Gasteiger partial charge in [0.1, 0.15) is 24.0 Å². The predicted molar refractivity (Wildman–Crippen MR) is 115 cm³/mol. The largest absolute Gasteiger partial charge is 0.489 e. The fourth-order valence-corrected chi connectivity index (χ4v) is 2.73. The Morgan fingerprint density at radius 1 is 0.967 bits per heavy atom. The van der Waals surface area contributed by atoms with Gasteiger partial charge in [0.2, 0.25) is 0 Å². The third-order valence-corrected chi connectivity index (χ3v) is 4.10. The lowest BCUT2D eigenvalue weighted by molar-refractivity contribution is -0.157. The van der Waals surface area contributed by atoms with E-state index in [-0.39, 0.29) is 6.54 Å². The average Bonchev–Trinajstić information content (AvgIpc) is 2.70. The topological polar surface area (TPSA) is 73.9 Å². The normalized spacial score (nSPS) is 12.1. The first-order valence-electron chi connectivity index (χ1n) is 10.1. The van der Waals surface area contributed by atoms with Crippen LogP contribution in [0, 0.1) is 0 Å². The van der Waals surface area contributed by atoms with Crippen LogP contribution in [-0.2, 0) is 32.1 Å². The molecule has 1 unspecified atom stereocenters. The molecular weight excluding hydrogens is 382 g/mol. The van der Waals surface area contributed by atoms with Crippen molar-refractivity contribution in [2.75, 3.05) is 13.2 Å². The van der Waals surface area contributed by atoms with Gasteiger partial charge in [0.25, 0.3) is 0 Å². The zero-order chi connectivity index (χ0) is 22.0. The number of nitrogens with one attached hydrogen (secondary N) is 1. The van der Waals surface area contributed by atoms with Crippen LogP contribution in [0.25, 0.3) is 0 Å². The minimum atomic E-state index is -0.662. The van der Waals surface area contributed by atoms with Gasteiger partial charge in [0.15, 0.2) is 0 Å². The van der Waals surface area contributed by atoms with E-state index in [0.29, 0.717) is 19.6 Å². The molecule has 0 bridgehead atoms. The average molecular weight is 414 g/mol. The van der Waals surface area contributed by atoms with Crippen molar-refractivity contribution in [2.45, 2.75) is 52.4 Å². The molecule has 0 amide bonds. The number of esters is 2. The van der Waals surface area contributed by atoms with Crippen LogP contribution in [0.2, 0.25) is 0 Å². The highest BCUT2D eigenvalue weighted by Gasteiger charge is 2.26. The minimum absolute atomic E-state index is 0.0595. The van der Waals surface area contributed by atoms with Crippen molar-refractivity contribution in [1.82, 2.24) is 5.32 Å². The van der Waals surface area contributed by atoms with E-state index in [0.717, 1.165) is 16.9 Å². The van der Waals surface area contributed by atoms with Crippen LogP contribution in [0.4, 0.5) is 0 Å². The maximum Gasteiger partial charge on any atom is 0.324 e. The quantitative estimate of drug-likeness (QED) is 0.599. The highest BCUT2D eigenvalue weighted by Crippen LogP contribution is 2.17. The van der Waals surface area contributed by atoms with E-state index >= 15 is 0 Å². The van der Waals surface area contributed by atoms with Crippen molar-refractivity contribution < 1.29 is 23.8 Å². The standard InChI is InChI=1S/C24H31NO5/c1-5-28-22(26)16-25-21(23(27)30-24(2,3)4)15-18-11-13-20(14-12-18)29-17-19-9-7-6-8-10-19/h6-14,21,25H,5,15-17H2,1-4H3. The third kappa shape index (κ3) is 8.66. The number of benzene rings is 2. The third-order valence-electron chi connectivity index (χ3n) is 4.10. The second-order valence-electron chi connectivity index (χ2n) is 7.89. The number of carbonyl (C=O) groups is 2. The molecule has 162 valence electrons. The Balaban J connectivity index is 1.98. The lowest BCUT2D eigenvalue weighted by Crippen LogP contribution is -2.45. The molecule has 1 atom stereocenters. The summed E-state index contributed by atoms with van der Waals surface area (Å²) >= 11 is 0. The molecule has 2 rings (SSSR count). The van der Waals surface area contributed by atoms with E-state index in [4.69, 9.17) is 14.2 Å². The molecule has 30 heavy (non-hydrogen) atoms. The Kier molecular flexibility index (Phi) is 8.87. The predicted octanol–water partition coefficient (Wildman–Crippen LogP) is 3.67. The van der Waals surface area contributed by atoms with Crippen LogP contribution in [0.3, 0.4) is 0 Å². The molecular formula is C24H31NO5. The summed E-state index contributed by atoms with van der Waals surface area (Å²) in [6.07, 6.45) is 0.382. The molecule has 0 radical (unpaired) electrons. The molecule has 1 N–H and O–H groups in total. The van der Waals surface area contributed by atoms with Gasteiger partial charge in [-0.1, -0.05) is 42.5 Å².